The summed E-state index contributed by atoms with van der Waals surface area (Å²) in [5, 5.41) is 3.87. The van der Waals surface area contributed by atoms with E-state index in [0.29, 0.717) is 37.0 Å². The molecule has 1 aromatic carbocycles. The lowest BCUT2D eigenvalue weighted by molar-refractivity contribution is -0.116. The van der Waals surface area contributed by atoms with Gasteiger partial charge in [0, 0.05) is 25.4 Å². The molecule has 2 aliphatic heterocycles. The number of morpholine rings is 1. The number of nitrogens with zero attached hydrogens (tertiary/aromatic N) is 2. The second kappa shape index (κ2) is 7.97. The molecule has 0 aliphatic carbocycles. The molecule has 1 saturated heterocycles. The topological polar surface area (TPSA) is 72.9 Å². The van der Waals surface area contributed by atoms with Crippen LogP contribution in [0.2, 0.25) is 0 Å². The summed E-state index contributed by atoms with van der Waals surface area (Å²) >= 11 is 1.65. The van der Waals surface area contributed by atoms with E-state index in [0.717, 1.165) is 28.7 Å². The first-order valence-electron chi connectivity index (χ1n) is 9.53. The van der Waals surface area contributed by atoms with Crippen molar-refractivity contribution in [1.29, 1.82) is 0 Å². The van der Waals surface area contributed by atoms with Crippen LogP contribution in [0.5, 0.6) is 11.5 Å². The van der Waals surface area contributed by atoms with E-state index in [1.807, 2.05) is 32.0 Å². The summed E-state index contributed by atoms with van der Waals surface area (Å²) in [5.41, 5.74) is 1.03. The number of nitrogens with one attached hydrogen (secondary N) is 1. The van der Waals surface area contributed by atoms with Gasteiger partial charge in [0.2, 0.25) is 5.91 Å². The Kier molecular flexibility index (Phi) is 5.41. The predicted molar refractivity (Wildman–Crippen MR) is 109 cm³/mol. The van der Waals surface area contributed by atoms with E-state index < -0.39 is 0 Å². The Labute approximate surface area is 168 Å². The van der Waals surface area contributed by atoms with Crippen LogP contribution in [0.1, 0.15) is 36.6 Å². The number of aromatic nitrogens is 1. The highest BCUT2D eigenvalue weighted by Gasteiger charge is 2.32. The fraction of sp³-hybridized carbons (Fsp3) is 0.500. The summed E-state index contributed by atoms with van der Waals surface area (Å²) in [7, 11) is 1.63. The summed E-state index contributed by atoms with van der Waals surface area (Å²) < 4.78 is 16.8. The number of fused-ring (bicyclic) bond motifs is 1. The largest absolute Gasteiger partial charge is 0.493 e. The molecule has 2 aliphatic rings. The second-order valence-electron chi connectivity index (χ2n) is 7.19. The van der Waals surface area contributed by atoms with E-state index in [4.69, 9.17) is 19.2 Å². The summed E-state index contributed by atoms with van der Waals surface area (Å²) in [6.07, 6.45) is 0.427. The van der Waals surface area contributed by atoms with Gasteiger partial charge in [-0.3, -0.25) is 4.79 Å². The van der Waals surface area contributed by atoms with Gasteiger partial charge in [0.25, 0.3) is 0 Å². The lowest BCUT2D eigenvalue weighted by Crippen LogP contribution is -2.36. The fourth-order valence-electron chi connectivity index (χ4n) is 3.52. The third-order valence-corrected chi connectivity index (χ3v) is 6.07. The van der Waals surface area contributed by atoms with Crippen molar-refractivity contribution in [2.75, 3.05) is 43.6 Å². The van der Waals surface area contributed by atoms with Crippen LogP contribution in [0.25, 0.3) is 0 Å². The predicted octanol–water partition coefficient (Wildman–Crippen LogP) is 3.25. The SMILES string of the molecule is COc1ccc([C@H]2CC(=O)Nc3nc(N4CCOCC4)sc32)cc1OC(C)C. The highest BCUT2D eigenvalue weighted by atomic mass is 32.1. The Morgan fingerprint density at radius 3 is 2.79 bits per heavy atom. The van der Waals surface area contributed by atoms with Gasteiger partial charge in [0.15, 0.2) is 16.6 Å². The number of methoxy groups -OCH3 is 1. The first-order valence-corrected chi connectivity index (χ1v) is 10.3. The van der Waals surface area contributed by atoms with Gasteiger partial charge in [-0.05, 0) is 31.5 Å². The Bertz CT molecular complexity index is 861. The van der Waals surface area contributed by atoms with Gasteiger partial charge in [-0.25, -0.2) is 4.98 Å². The molecule has 0 saturated carbocycles. The molecule has 7 nitrogen and oxygen atoms in total. The molecule has 28 heavy (non-hydrogen) atoms. The average Bonchev–Trinajstić information content (AvgIpc) is 3.11. The van der Waals surface area contributed by atoms with Crippen LogP contribution in [0.15, 0.2) is 18.2 Å². The molecular formula is C20H25N3O4S. The van der Waals surface area contributed by atoms with Gasteiger partial charge < -0.3 is 24.4 Å². The van der Waals surface area contributed by atoms with Crippen LogP contribution in [0, 0.1) is 0 Å². The van der Waals surface area contributed by atoms with E-state index in [2.05, 4.69) is 10.2 Å². The summed E-state index contributed by atoms with van der Waals surface area (Å²) in [5.74, 6) is 2.00. The summed E-state index contributed by atoms with van der Waals surface area (Å²) in [6.45, 7) is 7.01. The number of rotatable bonds is 5. The van der Waals surface area contributed by atoms with Gasteiger partial charge in [-0.15, -0.1) is 0 Å². The number of ether oxygens (including phenoxy) is 3. The number of hydrogen-bond acceptors (Lipinski definition) is 7. The van der Waals surface area contributed by atoms with E-state index in [1.165, 1.54) is 0 Å². The van der Waals surface area contributed by atoms with Crippen LogP contribution in [0.4, 0.5) is 10.9 Å². The number of amides is 1. The molecular weight excluding hydrogens is 378 g/mol. The zero-order valence-corrected chi connectivity index (χ0v) is 17.2. The maximum Gasteiger partial charge on any atom is 0.226 e. The average molecular weight is 404 g/mol. The molecule has 1 fully saturated rings. The van der Waals surface area contributed by atoms with E-state index in [-0.39, 0.29) is 17.9 Å². The zero-order chi connectivity index (χ0) is 19.7. The zero-order valence-electron chi connectivity index (χ0n) is 16.4. The molecule has 2 aromatic rings. The smallest absolute Gasteiger partial charge is 0.226 e. The van der Waals surface area contributed by atoms with Gasteiger partial charge in [-0.1, -0.05) is 17.4 Å². The number of thiazole rings is 1. The maximum absolute atomic E-state index is 12.3. The quantitative estimate of drug-likeness (QED) is 0.826. The van der Waals surface area contributed by atoms with Crippen molar-refractivity contribution in [3.05, 3.63) is 28.6 Å². The number of carbonyl (C=O) groups is 1. The number of anilines is 2. The molecule has 1 N–H and O–H groups in total. The van der Waals surface area contributed by atoms with Crippen molar-refractivity contribution in [2.45, 2.75) is 32.3 Å². The molecule has 1 aromatic heterocycles. The van der Waals surface area contributed by atoms with E-state index in [1.54, 1.807) is 18.4 Å². The van der Waals surface area contributed by atoms with Crippen molar-refractivity contribution in [3.63, 3.8) is 0 Å². The lowest BCUT2D eigenvalue weighted by atomic mass is 9.91. The van der Waals surface area contributed by atoms with Crippen LogP contribution in [-0.2, 0) is 9.53 Å². The second-order valence-corrected chi connectivity index (χ2v) is 8.20. The molecule has 150 valence electrons. The highest BCUT2D eigenvalue weighted by Crippen LogP contribution is 2.45. The highest BCUT2D eigenvalue weighted by molar-refractivity contribution is 7.16. The van der Waals surface area contributed by atoms with Crippen LogP contribution < -0.4 is 19.7 Å². The first kappa shape index (κ1) is 19.0. The van der Waals surface area contributed by atoms with Crippen molar-refractivity contribution < 1.29 is 19.0 Å². The van der Waals surface area contributed by atoms with E-state index in [9.17, 15) is 4.79 Å². The molecule has 3 heterocycles. The normalized spacial score (nSPS) is 19.4. The third-order valence-electron chi connectivity index (χ3n) is 4.84. The summed E-state index contributed by atoms with van der Waals surface area (Å²) in [4.78, 5) is 20.4. The minimum Gasteiger partial charge on any atom is -0.493 e. The van der Waals surface area contributed by atoms with Crippen molar-refractivity contribution in [2.24, 2.45) is 0 Å². The fourth-order valence-corrected chi connectivity index (χ4v) is 4.72. The molecule has 1 amide bonds. The van der Waals surface area contributed by atoms with Crippen LogP contribution in [0.3, 0.4) is 0 Å². The molecule has 0 radical (unpaired) electrons. The Morgan fingerprint density at radius 2 is 2.07 bits per heavy atom. The van der Waals surface area contributed by atoms with Crippen LogP contribution >= 0.6 is 11.3 Å². The molecule has 0 unspecified atom stereocenters. The maximum atomic E-state index is 12.3. The lowest BCUT2D eigenvalue weighted by Gasteiger charge is -2.26. The standard InChI is InChI=1S/C20H25N3O4S/c1-12(2)27-16-10-13(4-5-15(16)25-3)14-11-17(24)21-19-18(14)28-20(22-19)23-6-8-26-9-7-23/h4-5,10,12,14H,6-9,11H2,1-3H3,(H,21,24)/t14-/m1/s1. The summed E-state index contributed by atoms with van der Waals surface area (Å²) in [6, 6.07) is 5.90. The monoisotopic (exact) mass is 403 g/mol. The molecule has 8 heteroatoms. The van der Waals surface area contributed by atoms with E-state index >= 15 is 0 Å². The first-order chi connectivity index (χ1) is 13.5. The molecule has 4 rings (SSSR count). The minimum atomic E-state index is -0.0449. The third kappa shape index (κ3) is 3.79. The minimum absolute atomic E-state index is 0.0153. The Morgan fingerprint density at radius 1 is 1.29 bits per heavy atom. The van der Waals surface area contributed by atoms with Gasteiger partial charge >= 0.3 is 0 Å². The van der Waals surface area contributed by atoms with Crippen LogP contribution in [-0.4, -0.2) is 50.4 Å². The number of benzene rings is 1. The van der Waals surface area contributed by atoms with Crippen molar-refractivity contribution in [1.82, 2.24) is 4.98 Å². The number of hydrogen-bond donors (Lipinski definition) is 1. The van der Waals surface area contributed by atoms with Gasteiger partial charge in [0.05, 0.1) is 31.3 Å². The molecule has 0 spiro atoms. The van der Waals surface area contributed by atoms with Gasteiger partial charge in [0.1, 0.15) is 5.82 Å². The molecule has 1 atom stereocenters. The van der Waals surface area contributed by atoms with Crippen molar-refractivity contribution in [3.8, 4) is 11.5 Å². The number of carbonyl (C=O) groups excluding carboxylic acids is 1. The molecule has 0 bridgehead atoms. The van der Waals surface area contributed by atoms with Crippen molar-refractivity contribution >= 4 is 28.2 Å². The Hall–Kier alpha value is -2.32. The van der Waals surface area contributed by atoms with Gasteiger partial charge in [-0.2, -0.15) is 0 Å². The Balaban J connectivity index is 1.69.